The lowest BCUT2D eigenvalue weighted by molar-refractivity contribution is -0.136. The van der Waals surface area contributed by atoms with E-state index in [0.29, 0.717) is 89.3 Å². The summed E-state index contributed by atoms with van der Waals surface area (Å²) in [5.41, 5.74) is 15.7. The Kier molecular flexibility index (Phi) is 23.6. The zero-order chi connectivity index (χ0) is 60.8. The van der Waals surface area contributed by atoms with Gasteiger partial charge in [0.1, 0.15) is 24.3 Å². The van der Waals surface area contributed by atoms with E-state index < -0.39 is 18.1 Å². The summed E-state index contributed by atoms with van der Waals surface area (Å²) < 4.78 is 12.6. The minimum atomic E-state index is -0.658. The minimum absolute atomic E-state index is 0.0741. The highest BCUT2D eigenvalue weighted by molar-refractivity contribution is 5.99. The molecule has 18 heteroatoms. The van der Waals surface area contributed by atoms with Gasteiger partial charge in [0.2, 0.25) is 11.8 Å². The van der Waals surface area contributed by atoms with E-state index in [-0.39, 0.29) is 65.9 Å². The molecular weight excluding hydrogens is 1080 g/mol. The van der Waals surface area contributed by atoms with E-state index in [0.717, 1.165) is 44.7 Å². The number of nitrogens with one attached hydrogen (secondary N) is 8. The van der Waals surface area contributed by atoms with Crippen molar-refractivity contribution < 1.29 is 28.7 Å². The summed E-state index contributed by atoms with van der Waals surface area (Å²) in [7, 11) is 0. The number of carbonyl (C=O) groups excluding carboxylic acids is 4. The Hall–Kier alpha value is -8.68. The smallest absolute Gasteiger partial charge is 0.251 e. The second-order valence-corrected chi connectivity index (χ2v) is 22.0. The summed E-state index contributed by atoms with van der Waals surface area (Å²) in [6.07, 6.45) is 2.69. The molecule has 8 atom stereocenters. The van der Waals surface area contributed by atoms with Crippen LogP contribution in [0.1, 0.15) is 102 Å². The summed E-state index contributed by atoms with van der Waals surface area (Å²) in [6.45, 7) is 9.44. The van der Waals surface area contributed by atoms with Crippen molar-refractivity contribution >= 4 is 57.1 Å². The number of hydrogen-bond acceptors (Lipinski definition) is 10. The van der Waals surface area contributed by atoms with Crippen LogP contribution in [-0.4, -0.2) is 127 Å². The summed E-state index contributed by atoms with van der Waals surface area (Å²) in [5.74, 6) is -0.872. The molecule has 0 radical (unpaired) electrons. The lowest BCUT2D eigenvalue weighted by Gasteiger charge is -2.32. The molecule has 2 fully saturated rings. The number of guanidine groups is 2. The number of nitrogens with zero attached hydrogens (tertiary/aromatic N) is 2. The molecule has 2 aliphatic heterocycles. The van der Waals surface area contributed by atoms with Crippen LogP contribution in [0, 0.1) is 10.8 Å². The number of rotatable bonds is 24. The first-order chi connectivity index (χ1) is 41.8. The largest absolute Gasteiger partial charge is 0.372 e. The number of nitrogens with two attached hydrogens (primary N) is 2. The second kappa shape index (κ2) is 32.0. The lowest BCUT2D eigenvalue weighted by Crippen LogP contribution is -2.60. The lowest BCUT2D eigenvalue weighted by atomic mass is 10.0. The average molecular weight is 1170 g/mol. The Balaban J connectivity index is 0.000000225. The van der Waals surface area contributed by atoms with Gasteiger partial charge in [-0.25, -0.2) is 0 Å². The number of benzene rings is 7. The molecule has 12 N–H and O–H groups in total. The summed E-state index contributed by atoms with van der Waals surface area (Å²) in [6, 6.07) is 54.7. The van der Waals surface area contributed by atoms with Crippen LogP contribution in [0.2, 0.25) is 0 Å². The van der Waals surface area contributed by atoms with Gasteiger partial charge in [-0.15, -0.1) is 0 Å². The van der Waals surface area contributed by atoms with Gasteiger partial charge < -0.3 is 52.0 Å². The number of carbonyl (C=O) groups is 4. The molecule has 0 aromatic heterocycles. The van der Waals surface area contributed by atoms with E-state index in [9.17, 15) is 19.2 Å². The van der Waals surface area contributed by atoms with Crippen molar-refractivity contribution in [2.75, 3.05) is 45.9 Å². The van der Waals surface area contributed by atoms with Gasteiger partial charge in [-0.1, -0.05) is 172 Å². The van der Waals surface area contributed by atoms with Crippen molar-refractivity contribution in [1.82, 2.24) is 41.7 Å². The SMILES string of the molecule is CCC(NC(=N)N)[C@@H]1N[C@H](CNC(=O)c2ccc3ccccc3c2)CCN(CC(OCc2ccccc2)c2ccccc2)C1=O.CCCOC(CN1CC[C@@H](CNC(=O)c2ccc3ccccc3c2)N[C@@H](C(CC)NC(=N)N)C1=O)c1ccccc1. The molecule has 0 aliphatic carbocycles. The van der Waals surface area contributed by atoms with Crippen LogP contribution >= 0.6 is 0 Å². The topological polar surface area (TPSA) is 265 Å². The number of ether oxygens (including phenoxy) is 2. The van der Waals surface area contributed by atoms with E-state index in [1.807, 2.05) is 200 Å². The third-order valence-corrected chi connectivity index (χ3v) is 15.8. The summed E-state index contributed by atoms with van der Waals surface area (Å²) >= 11 is 0. The minimum Gasteiger partial charge on any atom is -0.372 e. The van der Waals surface area contributed by atoms with E-state index in [1.54, 1.807) is 0 Å². The van der Waals surface area contributed by atoms with Gasteiger partial charge in [0.15, 0.2) is 11.9 Å². The monoisotopic (exact) mass is 1160 g/mol. The molecule has 4 amide bonds. The van der Waals surface area contributed by atoms with Crippen molar-refractivity contribution in [1.29, 1.82) is 10.8 Å². The molecule has 452 valence electrons. The van der Waals surface area contributed by atoms with Crippen molar-refractivity contribution in [3.05, 3.63) is 204 Å². The molecule has 18 nitrogen and oxygen atoms in total. The van der Waals surface area contributed by atoms with Crippen LogP contribution in [0.5, 0.6) is 0 Å². The average Bonchev–Trinajstić information content (AvgIpc) is 2.67. The number of amides is 4. The fourth-order valence-electron chi connectivity index (χ4n) is 11.1. The van der Waals surface area contributed by atoms with Crippen LogP contribution in [0.3, 0.4) is 0 Å². The summed E-state index contributed by atoms with van der Waals surface area (Å²) in [5, 5.41) is 38.9. The predicted molar refractivity (Wildman–Crippen MR) is 340 cm³/mol. The number of hydrogen-bond donors (Lipinski definition) is 10. The molecule has 2 saturated heterocycles. The highest BCUT2D eigenvalue weighted by Crippen LogP contribution is 2.26. The Morgan fingerprint density at radius 1 is 0.547 bits per heavy atom. The molecule has 7 aromatic carbocycles. The van der Waals surface area contributed by atoms with Crippen LogP contribution < -0.4 is 43.4 Å². The maximum atomic E-state index is 14.2. The van der Waals surface area contributed by atoms with Crippen LogP contribution in [0.15, 0.2) is 176 Å². The standard InChI is InChI=1S/C36H42N6O3.C32H42N6O3/c1-2-31(41-36(37)38)33-35(44)42(23-32(27-14-7-4-8-15-27)45-24-25-11-5-3-6-12-25)20-19-30(40-33)22-39-34(43)29-18-17-26-13-9-10-16-28(26)21-29;1-3-18-41-28(23-11-6-5-7-12-23)21-38-17-16-26(36-29(31(38)40)27(4-2)37-32(33)34)20-35-30(39)25-15-14-22-10-8-9-13-24(22)19-25/h3-18,21,30-33,40H,2,19-20,22-24H2,1H3,(H,39,43)(H4,37,38,41);5-15,19,26-29,36H,3-4,16-18,20-21H2,1-2H3,(H,35,39)(H4,33,34,37)/t30-,31?,32?,33-;26-,27?,28?,29-/m00/s1. The normalized spacial score (nSPS) is 18.5. The Bertz CT molecular complexity index is 3340. The Labute approximate surface area is 505 Å². The van der Waals surface area contributed by atoms with Gasteiger partial charge in [-0.3, -0.25) is 40.6 Å². The highest BCUT2D eigenvalue weighted by Gasteiger charge is 2.39. The molecule has 4 unspecified atom stereocenters. The van der Waals surface area contributed by atoms with Crippen molar-refractivity contribution in [3.8, 4) is 0 Å². The quantitative estimate of drug-likeness (QED) is 0.0204. The Morgan fingerprint density at radius 3 is 1.35 bits per heavy atom. The zero-order valence-corrected chi connectivity index (χ0v) is 49.6. The maximum absolute atomic E-state index is 14.2. The number of fused-ring (bicyclic) bond motifs is 2. The van der Waals surface area contributed by atoms with Gasteiger partial charge in [0.25, 0.3) is 11.8 Å². The predicted octanol–water partition coefficient (Wildman–Crippen LogP) is 7.91. The van der Waals surface area contributed by atoms with Crippen LogP contribution in [0.4, 0.5) is 0 Å². The third-order valence-electron chi connectivity index (χ3n) is 15.8. The van der Waals surface area contributed by atoms with Crippen LogP contribution in [0.25, 0.3) is 21.5 Å². The van der Waals surface area contributed by atoms with Crippen molar-refractivity contribution in [2.45, 2.75) is 108 Å². The van der Waals surface area contributed by atoms with Gasteiger partial charge >= 0.3 is 0 Å². The van der Waals surface area contributed by atoms with Gasteiger partial charge in [0, 0.05) is 56.0 Å². The van der Waals surface area contributed by atoms with Crippen molar-refractivity contribution in [3.63, 3.8) is 0 Å². The molecule has 9 rings (SSSR count). The molecular formula is C68H84N12O6. The van der Waals surface area contributed by atoms with Crippen molar-refractivity contribution in [2.24, 2.45) is 11.5 Å². The fraction of sp³-hybridized carbons (Fsp3) is 0.353. The first kappa shape index (κ1) is 63.3. The van der Waals surface area contributed by atoms with E-state index in [4.69, 9.17) is 31.8 Å². The van der Waals surface area contributed by atoms with Gasteiger partial charge in [0.05, 0.1) is 31.8 Å². The first-order valence-corrected chi connectivity index (χ1v) is 30.0. The molecule has 7 aromatic rings. The first-order valence-electron chi connectivity index (χ1n) is 30.0. The maximum Gasteiger partial charge on any atom is 0.251 e. The summed E-state index contributed by atoms with van der Waals surface area (Å²) in [4.78, 5) is 58.1. The van der Waals surface area contributed by atoms with Gasteiger partial charge in [-0.2, -0.15) is 0 Å². The van der Waals surface area contributed by atoms with Crippen LogP contribution in [-0.2, 0) is 25.7 Å². The molecule has 86 heavy (non-hydrogen) atoms. The second-order valence-electron chi connectivity index (χ2n) is 22.0. The third kappa shape index (κ3) is 17.9. The highest BCUT2D eigenvalue weighted by atomic mass is 16.5. The molecule has 0 bridgehead atoms. The molecule has 0 spiro atoms. The fourth-order valence-corrected chi connectivity index (χ4v) is 11.1. The molecule has 2 heterocycles. The zero-order valence-electron chi connectivity index (χ0n) is 49.6. The molecule has 2 aliphatic rings. The Morgan fingerprint density at radius 2 is 0.942 bits per heavy atom. The molecule has 0 saturated carbocycles. The van der Waals surface area contributed by atoms with E-state index in [2.05, 4.69) is 38.8 Å². The van der Waals surface area contributed by atoms with E-state index >= 15 is 0 Å². The van der Waals surface area contributed by atoms with E-state index in [1.165, 1.54) is 0 Å². The van der Waals surface area contributed by atoms with Gasteiger partial charge in [-0.05, 0) is 94.6 Å².